The molecule has 1 fully saturated rings. The summed E-state index contributed by atoms with van der Waals surface area (Å²) in [6, 6.07) is 1.11. The highest BCUT2D eigenvalue weighted by molar-refractivity contribution is 7.16. The van der Waals surface area contributed by atoms with Crippen LogP contribution in [0.3, 0.4) is 0 Å². The summed E-state index contributed by atoms with van der Waals surface area (Å²) in [6.45, 7) is 7.79. The van der Waals surface area contributed by atoms with Crippen molar-refractivity contribution in [2.75, 3.05) is 26.2 Å². The number of hydrogen-bond acceptors (Lipinski definition) is 3. The lowest BCUT2D eigenvalue weighted by Crippen LogP contribution is -2.48. The fraction of sp³-hybridized carbons (Fsp3) is 1.00. The largest absolute Gasteiger partial charge is 0.344 e. The van der Waals surface area contributed by atoms with E-state index in [9.17, 15) is 4.39 Å². The van der Waals surface area contributed by atoms with E-state index in [2.05, 4.69) is 24.1 Å². The SMILES string of the molecule is CC(C)NC1CCCN(CCOC(F)P)C1. The molecule has 0 amide bonds. The molecule has 1 aliphatic heterocycles. The molecular formula is C11H24FN2OP. The van der Waals surface area contributed by atoms with Gasteiger partial charge >= 0.3 is 0 Å². The van der Waals surface area contributed by atoms with E-state index in [1.54, 1.807) is 0 Å². The Labute approximate surface area is 100 Å². The van der Waals surface area contributed by atoms with Crippen LogP contribution < -0.4 is 5.32 Å². The second kappa shape index (κ2) is 7.54. The van der Waals surface area contributed by atoms with Gasteiger partial charge in [0.05, 0.1) is 6.61 Å². The number of ether oxygens (including phenoxy) is 1. The summed E-state index contributed by atoms with van der Waals surface area (Å²) in [4.78, 5) is 2.34. The smallest absolute Gasteiger partial charge is 0.211 e. The van der Waals surface area contributed by atoms with Gasteiger partial charge in [-0.1, -0.05) is 23.1 Å². The molecule has 0 aromatic carbocycles. The summed E-state index contributed by atoms with van der Waals surface area (Å²) in [5.74, 6) is 0. The van der Waals surface area contributed by atoms with Crippen LogP contribution in [0.15, 0.2) is 0 Å². The molecule has 0 aliphatic carbocycles. The summed E-state index contributed by atoms with van der Waals surface area (Å²) < 4.78 is 17.3. The number of likely N-dealkylation sites (tertiary alicyclic amines) is 1. The Kier molecular flexibility index (Phi) is 6.74. The Morgan fingerprint density at radius 3 is 2.94 bits per heavy atom. The van der Waals surface area contributed by atoms with E-state index in [1.165, 1.54) is 12.8 Å². The van der Waals surface area contributed by atoms with Gasteiger partial charge in [0.25, 0.3) is 0 Å². The summed E-state index contributed by atoms with van der Waals surface area (Å²) in [7, 11) is 2.01. The lowest BCUT2D eigenvalue weighted by atomic mass is 10.1. The highest BCUT2D eigenvalue weighted by atomic mass is 31.0. The standard InChI is InChI=1S/C11H24FN2OP/c1-9(2)13-10-4-3-5-14(8-10)6-7-15-11(12)16/h9-11,13H,3-8,16H2,1-2H3. The molecule has 5 heteroatoms. The second-order valence-corrected chi connectivity index (χ2v) is 5.21. The predicted molar refractivity (Wildman–Crippen MR) is 68.3 cm³/mol. The topological polar surface area (TPSA) is 24.5 Å². The fourth-order valence-electron chi connectivity index (χ4n) is 2.16. The molecule has 0 radical (unpaired) electrons. The molecule has 0 bridgehead atoms. The quantitative estimate of drug-likeness (QED) is 0.725. The first kappa shape index (κ1) is 14.3. The lowest BCUT2D eigenvalue weighted by molar-refractivity contribution is 0.0114. The van der Waals surface area contributed by atoms with Crippen LogP contribution in [0.4, 0.5) is 4.39 Å². The summed E-state index contributed by atoms with van der Waals surface area (Å²) in [6.07, 6.45) is 1.23. The molecule has 1 N–H and O–H groups in total. The zero-order chi connectivity index (χ0) is 12.0. The van der Waals surface area contributed by atoms with Crippen LogP contribution in [-0.2, 0) is 4.74 Å². The molecule has 3 atom stereocenters. The van der Waals surface area contributed by atoms with Gasteiger partial charge in [-0.25, -0.2) is 4.39 Å². The Hall–Kier alpha value is 0.240. The highest BCUT2D eigenvalue weighted by Gasteiger charge is 2.19. The first-order valence-electron chi connectivity index (χ1n) is 6.07. The Balaban J connectivity index is 2.17. The number of nitrogens with zero attached hydrogens (tertiary/aromatic N) is 1. The third-order valence-electron chi connectivity index (χ3n) is 2.76. The Morgan fingerprint density at radius 2 is 2.31 bits per heavy atom. The molecule has 1 heterocycles. The van der Waals surface area contributed by atoms with E-state index in [1.807, 2.05) is 9.24 Å². The van der Waals surface area contributed by atoms with Crippen molar-refractivity contribution in [3.8, 4) is 0 Å². The van der Waals surface area contributed by atoms with Gasteiger partial charge in [0.15, 0.2) is 0 Å². The van der Waals surface area contributed by atoms with E-state index in [0.717, 1.165) is 19.6 Å². The van der Waals surface area contributed by atoms with Gasteiger partial charge < -0.3 is 10.1 Å². The number of hydrogen-bond donors (Lipinski definition) is 1. The molecule has 0 aromatic heterocycles. The molecule has 3 nitrogen and oxygen atoms in total. The van der Waals surface area contributed by atoms with E-state index >= 15 is 0 Å². The number of nitrogens with one attached hydrogen (secondary N) is 1. The van der Waals surface area contributed by atoms with Crippen molar-refractivity contribution in [2.24, 2.45) is 0 Å². The number of alkyl halides is 1. The first-order valence-corrected chi connectivity index (χ1v) is 6.74. The molecule has 16 heavy (non-hydrogen) atoms. The minimum Gasteiger partial charge on any atom is -0.344 e. The van der Waals surface area contributed by atoms with Gasteiger partial charge in [0.1, 0.15) is 0 Å². The molecule has 1 aliphatic rings. The van der Waals surface area contributed by atoms with Gasteiger partial charge in [-0.15, -0.1) is 0 Å². The average molecular weight is 250 g/mol. The Bertz CT molecular complexity index is 193. The summed E-state index contributed by atoms with van der Waals surface area (Å²) in [5, 5.41) is 3.55. The van der Waals surface area contributed by atoms with E-state index in [4.69, 9.17) is 4.74 Å². The third-order valence-corrected chi connectivity index (χ3v) is 2.95. The maximum atomic E-state index is 12.4. The second-order valence-electron chi connectivity index (χ2n) is 4.68. The predicted octanol–water partition coefficient (Wildman–Crippen LogP) is 1.59. The molecular weight excluding hydrogens is 226 g/mol. The maximum Gasteiger partial charge on any atom is 0.211 e. The number of rotatable bonds is 6. The van der Waals surface area contributed by atoms with Crippen LogP contribution in [-0.4, -0.2) is 49.3 Å². The van der Waals surface area contributed by atoms with E-state index in [-0.39, 0.29) is 0 Å². The highest BCUT2D eigenvalue weighted by Crippen LogP contribution is 2.11. The summed E-state index contributed by atoms with van der Waals surface area (Å²) in [5.41, 5.74) is 0. The minimum absolute atomic E-state index is 0.471. The molecule has 3 unspecified atom stereocenters. The first-order chi connectivity index (χ1) is 7.58. The maximum absolute atomic E-state index is 12.4. The lowest BCUT2D eigenvalue weighted by Gasteiger charge is -2.34. The van der Waals surface area contributed by atoms with Crippen LogP contribution in [0.25, 0.3) is 0 Å². The van der Waals surface area contributed by atoms with Crippen molar-refractivity contribution in [3.63, 3.8) is 0 Å². The molecule has 96 valence electrons. The van der Waals surface area contributed by atoms with Gasteiger partial charge in [0.2, 0.25) is 6.10 Å². The number of halogens is 1. The van der Waals surface area contributed by atoms with E-state index < -0.39 is 6.10 Å². The third kappa shape index (κ3) is 6.09. The van der Waals surface area contributed by atoms with Crippen LogP contribution in [0.2, 0.25) is 0 Å². The average Bonchev–Trinajstić information content (AvgIpc) is 2.16. The van der Waals surface area contributed by atoms with Gasteiger partial charge in [-0.05, 0) is 19.4 Å². The van der Waals surface area contributed by atoms with Gasteiger partial charge in [-0.3, -0.25) is 4.90 Å². The molecule has 1 rings (SSSR count). The normalized spacial score (nSPS) is 24.9. The zero-order valence-corrected chi connectivity index (χ0v) is 11.4. The molecule has 0 spiro atoms. The van der Waals surface area contributed by atoms with Crippen molar-refractivity contribution in [2.45, 2.75) is 44.9 Å². The fourth-order valence-corrected chi connectivity index (χ4v) is 2.30. The van der Waals surface area contributed by atoms with Crippen LogP contribution >= 0.6 is 9.24 Å². The van der Waals surface area contributed by atoms with Crippen LogP contribution in [0.5, 0.6) is 0 Å². The molecule has 0 aromatic rings. The van der Waals surface area contributed by atoms with Crippen molar-refractivity contribution in [3.05, 3.63) is 0 Å². The van der Waals surface area contributed by atoms with Crippen molar-refractivity contribution < 1.29 is 9.13 Å². The molecule has 1 saturated heterocycles. The zero-order valence-electron chi connectivity index (χ0n) is 10.3. The monoisotopic (exact) mass is 250 g/mol. The van der Waals surface area contributed by atoms with Crippen molar-refractivity contribution in [1.82, 2.24) is 10.2 Å². The van der Waals surface area contributed by atoms with E-state index in [0.29, 0.717) is 18.7 Å². The summed E-state index contributed by atoms with van der Waals surface area (Å²) >= 11 is 0. The number of piperidine rings is 1. The molecule has 0 saturated carbocycles. The Morgan fingerprint density at radius 1 is 1.56 bits per heavy atom. The van der Waals surface area contributed by atoms with Crippen LogP contribution in [0.1, 0.15) is 26.7 Å². The van der Waals surface area contributed by atoms with Gasteiger partial charge in [-0.2, -0.15) is 0 Å². The van der Waals surface area contributed by atoms with Crippen molar-refractivity contribution in [1.29, 1.82) is 0 Å². The van der Waals surface area contributed by atoms with Crippen molar-refractivity contribution >= 4 is 9.24 Å². The van der Waals surface area contributed by atoms with Crippen LogP contribution in [0, 0.1) is 0 Å². The minimum atomic E-state index is -1.23. The van der Waals surface area contributed by atoms with Gasteiger partial charge in [0, 0.05) is 25.2 Å².